The molecular formula is C12H11N3O2. The largest absolute Gasteiger partial charge is 0.476 e. The zero-order valence-corrected chi connectivity index (χ0v) is 9.08. The maximum absolute atomic E-state index is 10.9. The van der Waals surface area contributed by atoms with Gasteiger partial charge in [-0.2, -0.15) is 5.10 Å². The van der Waals surface area contributed by atoms with Crippen molar-refractivity contribution in [3.8, 4) is 5.69 Å². The first-order valence-electron chi connectivity index (χ1n) is 5.49. The molecule has 2 aromatic rings. The first kappa shape index (κ1) is 10.0. The Labute approximate surface area is 97.7 Å². The number of carbonyl (C=O) groups is 1. The summed E-state index contributed by atoms with van der Waals surface area (Å²) in [6, 6.07) is 5.35. The van der Waals surface area contributed by atoms with E-state index in [-0.39, 0.29) is 5.69 Å². The zero-order valence-electron chi connectivity index (χ0n) is 9.08. The van der Waals surface area contributed by atoms with Crippen molar-refractivity contribution in [1.82, 2.24) is 14.8 Å². The van der Waals surface area contributed by atoms with Gasteiger partial charge in [0.25, 0.3) is 0 Å². The van der Waals surface area contributed by atoms with Gasteiger partial charge in [0.2, 0.25) is 0 Å². The van der Waals surface area contributed by atoms with Gasteiger partial charge < -0.3 is 5.11 Å². The fraction of sp³-hybridized carbons (Fsp3) is 0.250. The van der Waals surface area contributed by atoms with Gasteiger partial charge in [0, 0.05) is 17.8 Å². The molecule has 0 amide bonds. The molecule has 0 aromatic carbocycles. The Morgan fingerprint density at radius 1 is 1.47 bits per heavy atom. The van der Waals surface area contributed by atoms with Crippen molar-refractivity contribution >= 4 is 5.97 Å². The van der Waals surface area contributed by atoms with Gasteiger partial charge in [-0.3, -0.25) is 4.98 Å². The topological polar surface area (TPSA) is 68.0 Å². The van der Waals surface area contributed by atoms with E-state index in [2.05, 4.69) is 10.1 Å². The highest BCUT2D eigenvalue weighted by Crippen LogP contribution is 2.41. The fourth-order valence-electron chi connectivity index (χ4n) is 1.86. The minimum atomic E-state index is -0.991. The summed E-state index contributed by atoms with van der Waals surface area (Å²) in [5.74, 6) is -0.551. The van der Waals surface area contributed by atoms with Crippen LogP contribution in [0.1, 0.15) is 34.9 Å². The predicted octanol–water partition coefficient (Wildman–Crippen LogP) is 1.84. The number of aromatic nitrogens is 3. The van der Waals surface area contributed by atoms with Crippen molar-refractivity contribution in [1.29, 1.82) is 0 Å². The molecule has 0 unspecified atom stereocenters. The van der Waals surface area contributed by atoms with Crippen molar-refractivity contribution in [2.75, 3.05) is 0 Å². The molecule has 1 aliphatic rings. The summed E-state index contributed by atoms with van der Waals surface area (Å²) < 4.78 is 1.69. The lowest BCUT2D eigenvalue weighted by atomic mass is 10.2. The third kappa shape index (κ3) is 1.80. The molecule has 5 heteroatoms. The van der Waals surface area contributed by atoms with Gasteiger partial charge in [-0.1, -0.05) is 0 Å². The van der Waals surface area contributed by atoms with Crippen molar-refractivity contribution in [3.63, 3.8) is 0 Å². The molecule has 86 valence electrons. The highest BCUT2D eigenvalue weighted by molar-refractivity contribution is 5.85. The number of pyridine rings is 1. The molecule has 1 N–H and O–H groups in total. The number of carboxylic acid groups (broad SMARTS) is 1. The summed E-state index contributed by atoms with van der Waals surface area (Å²) in [4.78, 5) is 15.0. The number of hydrogen-bond donors (Lipinski definition) is 1. The molecule has 5 nitrogen and oxygen atoms in total. The lowest BCUT2D eigenvalue weighted by Gasteiger charge is -2.04. The van der Waals surface area contributed by atoms with E-state index < -0.39 is 5.97 Å². The molecular weight excluding hydrogens is 218 g/mol. The van der Waals surface area contributed by atoms with Crippen LogP contribution in [0.15, 0.2) is 30.6 Å². The Bertz CT molecular complexity index is 558. The van der Waals surface area contributed by atoms with E-state index in [1.54, 1.807) is 23.1 Å². The second-order valence-electron chi connectivity index (χ2n) is 4.16. The number of rotatable bonds is 3. The summed E-state index contributed by atoms with van der Waals surface area (Å²) in [6.07, 6.45) is 5.57. The molecule has 0 atom stereocenters. The molecule has 0 saturated heterocycles. The first-order chi connectivity index (χ1) is 8.25. The number of hydrogen-bond acceptors (Lipinski definition) is 3. The van der Waals surface area contributed by atoms with Crippen molar-refractivity contribution < 1.29 is 9.90 Å². The third-order valence-electron chi connectivity index (χ3n) is 2.84. The van der Waals surface area contributed by atoms with Crippen LogP contribution < -0.4 is 0 Å². The molecule has 0 radical (unpaired) electrons. The molecule has 1 saturated carbocycles. The molecule has 1 fully saturated rings. The molecule has 0 aliphatic heterocycles. The van der Waals surface area contributed by atoms with Crippen LogP contribution >= 0.6 is 0 Å². The van der Waals surface area contributed by atoms with E-state index >= 15 is 0 Å². The molecule has 0 spiro atoms. The lowest BCUT2D eigenvalue weighted by molar-refractivity contribution is 0.0690. The summed E-state index contributed by atoms with van der Waals surface area (Å²) in [6.45, 7) is 0. The van der Waals surface area contributed by atoms with Crippen LogP contribution in [0, 0.1) is 0 Å². The van der Waals surface area contributed by atoms with Crippen LogP contribution in [0.25, 0.3) is 5.69 Å². The standard InChI is InChI=1S/C12H11N3O2/c16-12(17)10-6-11(8-3-4-8)15(14-10)9-2-1-5-13-7-9/h1-2,5-8H,3-4H2,(H,16,17). The SMILES string of the molecule is O=C(O)c1cc(C2CC2)n(-c2cccnc2)n1. The highest BCUT2D eigenvalue weighted by atomic mass is 16.4. The molecule has 1 aliphatic carbocycles. The quantitative estimate of drug-likeness (QED) is 0.872. The fourth-order valence-corrected chi connectivity index (χ4v) is 1.86. The molecule has 0 bridgehead atoms. The van der Waals surface area contributed by atoms with Gasteiger partial charge in [-0.25, -0.2) is 9.48 Å². The van der Waals surface area contributed by atoms with Crippen LogP contribution in [-0.4, -0.2) is 25.8 Å². The Kier molecular flexibility index (Phi) is 2.18. The van der Waals surface area contributed by atoms with Crippen LogP contribution in [0.3, 0.4) is 0 Å². The Hall–Kier alpha value is -2.17. The van der Waals surface area contributed by atoms with Crippen LogP contribution in [0.4, 0.5) is 0 Å². The first-order valence-corrected chi connectivity index (χ1v) is 5.49. The van der Waals surface area contributed by atoms with E-state index in [0.717, 1.165) is 24.2 Å². The maximum atomic E-state index is 10.9. The molecule has 2 heterocycles. The molecule has 3 rings (SSSR count). The predicted molar refractivity (Wildman–Crippen MR) is 60.3 cm³/mol. The van der Waals surface area contributed by atoms with Crippen molar-refractivity contribution in [2.45, 2.75) is 18.8 Å². The van der Waals surface area contributed by atoms with Gasteiger partial charge in [0.15, 0.2) is 5.69 Å². The Balaban J connectivity index is 2.11. The number of nitrogens with zero attached hydrogens (tertiary/aromatic N) is 3. The normalized spacial score (nSPS) is 14.8. The number of carboxylic acids is 1. The van der Waals surface area contributed by atoms with Crippen molar-refractivity contribution in [3.05, 3.63) is 42.0 Å². The summed E-state index contributed by atoms with van der Waals surface area (Å²) >= 11 is 0. The van der Waals surface area contributed by atoms with E-state index in [9.17, 15) is 4.79 Å². The molecule has 17 heavy (non-hydrogen) atoms. The highest BCUT2D eigenvalue weighted by Gasteiger charge is 2.29. The van der Waals surface area contributed by atoms with Gasteiger partial charge in [-0.05, 0) is 31.0 Å². The van der Waals surface area contributed by atoms with E-state index in [1.807, 2.05) is 12.1 Å². The number of aromatic carboxylic acids is 1. The Morgan fingerprint density at radius 3 is 2.88 bits per heavy atom. The third-order valence-corrected chi connectivity index (χ3v) is 2.84. The van der Waals surface area contributed by atoms with Gasteiger partial charge in [0.1, 0.15) is 0 Å². The van der Waals surface area contributed by atoms with Gasteiger partial charge in [0.05, 0.1) is 11.9 Å². The monoisotopic (exact) mass is 229 g/mol. The van der Waals surface area contributed by atoms with E-state index in [1.165, 1.54) is 0 Å². The Morgan fingerprint density at radius 2 is 2.29 bits per heavy atom. The van der Waals surface area contributed by atoms with Gasteiger partial charge >= 0.3 is 5.97 Å². The average molecular weight is 229 g/mol. The molecule has 2 aromatic heterocycles. The van der Waals surface area contributed by atoms with Crippen LogP contribution in [0.2, 0.25) is 0 Å². The minimum absolute atomic E-state index is 0.0933. The summed E-state index contributed by atoms with van der Waals surface area (Å²) in [5.41, 5.74) is 1.87. The summed E-state index contributed by atoms with van der Waals surface area (Å²) in [7, 11) is 0. The average Bonchev–Trinajstić information content (AvgIpc) is 3.09. The van der Waals surface area contributed by atoms with Crippen molar-refractivity contribution in [2.24, 2.45) is 0 Å². The smallest absolute Gasteiger partial charge is 0.356 e. The lowest BCUT2D eigenvalue weighted by Crippen LogP contribution is -2.03. The second-order valence-corrected chi connectivity index (χ2v) is 4.16. The van der Waals surface area contributed by atoms with Crippen LogP contribution in [0.5, 0.6) is 0 Å². The van der Waals surface area contributed by atoms with E-state index in [4.69, 9.17) is 5.11 Å². The zero-order chi connectivity index (χ0) is 11.8. The minimum Gasteiger partial charge on any atom is -0.476 e. The van der Waals surface area contributed by atoms with Gasteiger partial charge in [-0.15, -0.1) is 0 Å². The van der Waals surface area contributed by atoms with Crippen LogP contribution in [-0.2, 0) is 0 Å². The second kappa shape index (κ2) is 3.69. The summed E-state index contributed by atoms with van der Waals surface area (Å²) in [5, 5.41) is 13.1. The van der Waals surface area contributed by atoms with E-state index in [0.29, 0.717) is 5.92 Å². The maximum Gasteiger partial charge on any atom is 0.356 e.